The zero-order valence-electron chi connectivity index (χ0n) is 16.3. The molecule has 2 aliphatic rings. The highest BCUT2D eigenvalue weighted by atomic mass is 32.2. The van der Waals surface area contributed by atoms with Gasteiger partial charge in [0, 0.05) is 47.9 Å². The van der Waals surface area contributed by atoms with Gasteiger partial charge in [-0.3, -0.25) is 0 Å². The Morgan fingerprint density at radius 2 is 1.90 bits per heavy atom. The number of nitrogens with one attached hydrogen (secondary N) is 1. The second-order valence-corrected chi connectivity index (χ2v) is 9.47. The number of para-hydroxylation sites is 1. The van der Waals surface area contributed by atoms with Crippen LogP contribution >= 0.6 is 0 Å². The summed E-state index contributed by atoms with van der Waals surface area (Å²) in [5.41, 5.74) is 4.80. The number of nitrogens with zero attached hydrogens (tertiary/aromatic N) is 4. The highest BCUT2D eigenvalue weighted by Gasteiger charge is 2.29. The van der Waals surface area contributed by atoms with Gasteiger partial charge in [0.15, 0.2) is 0 Å². The van der Waals surface area contributed by atoms with Crippen LogP contribution < -0.4 is 4.90 Å². The molecule has 9 heteroatoms. The van der Waals surface area contributed by atoms with E-state index in [0.717, 1.165) is 46.5 Å². The molecular formula is C20H23N5O3S. The van der Waals surface area contributed by atoms with Crippen molar-refractivity contribution in [2.75, 3.05) is 44.0 Å². The Bertz CT molecular complexity index is 1170. The van der Waals surface area contributed by atoms with Crippen molar-refractivity contribution in [3.05, 3.63) is 41.7 Å². The highest BCUT2D eigenvalue weighted by Crippen LogP contribution is 2.34. The Hall–Kier alpha value is -2.49. The van der Waals surface area contributed by atoms with Gasteiger partial charge in [0.25, 0.3) is 0 Å². The molecule has 3 aromatic rings. The van der Waals surface area contributed by atoms with Crippen LogP contribution in [0.1, 0.15) is 11.3 Å². The lowest BCUT2D eigenvalue weighted by Gasteiger charge is -2.31. The van der Waals surface area contributed by atoms with Crippen LogP contribution in [0.15, 0.2) is 30.5 Å². The average Bonchev–Trinajstić information content (AvgIpc) is 3.16. The Morgan fingerprint density at radius 1 is 1.10 bits per heavy atom. The first-order chi connectivity index (χ1) is 14.0. The molecule has 0 bridgehead atoms. The van der Waals surface area contributed by atoms with Crippen molar-refractivity contribution in [3.63, 3.8) is 0 Å². The maximum absolute atomic E-state index is 12.1. The van der Waals surface area contributed by atoms with Crippen molar-refractivity contribution in [2.24, 2.45) is 0 Å². The molecule has 1 saturated heterocycles. The summed E-state index contributed by atoms with van der Waals surface area (Å²) in [4.78, 5) is 15.2. The van der Waals surface area contributed by atoms with Crippen molar-refractivity contribution in [3.8, 4) is 11.3 Å². The summed E-state index contributed by atoms with van der Waals surface area (Å²) in [6.07, 6.45) is 3.84. The molecule has 0 amide bonds. The Morgan fingerprint density at radius 3 is 2.69 bits per heavy atom. The number of fused-ring (bicyclic) bond motifs is 2. The maximum Gasteiger partial charge on any atom is 0.226 e. The lowest BCUT2D eigenvalue weighted by molar-refractivity contribution is 0.122. The van der Waals surface area contributed by atoms with E-state index >= 15 is 0 Å². The molecule has 1 N–H and O–H groups in total. The van der Waals surface area contributed by atoms with Crippen LogP contribution in [0.25, 0.3) is 22.2 Å². The number of hydrogen-bond acceptors (Lipinski definition) is 6. The van der Waals surface area contributed by atoms with E-state index in [1.54, 1.807) is 0 Å². The summed E-state index contributed by atoms with van der Waals surface area (Å²) in [6, 6.07) is 8.14. The van der Waals surface area contributed by atoms with Gasteiger partial charge in [0.2, 0.25) is 16.0 Å². The van der Waals surface area contributed by atoms with Crippen LogP contribution in [0, 0.1) is 0 Å². The maximum atomic E-state index is 12.1. The van der Waals surface area contributed by atoms with Crippen molar-refractivity contribution in [1.29, 1.82) is 0 Å². The lowest BCUT2D eigenvalue weighted by atomic mass is 9.99. The van der Waals surface area contributed by atoms with E-state index in [9.17, 15) is 8.42 Å². The predicted octanol–water partition coefficient (Wildman–Crippen LogP) is 1.78. The molecule has 2 aromatic heterocycles. The standard InChI is InChI=1S/C20H23N5O3S/c1-29(26,27)25-7-6-15-18(13-25)22-20(24-8-10-28-11-9-24)23-19(15)16-12-21-17-5-3-2-4-14(16)17/h2-5,12,21H,6-11,13H2,1H3. The molecule has 1 fully saturated rings. The molecule has 4 heterocycles. The van der Waals surface area contributed by atoms with E-state index in [0.29, 0.717) is 32.1 Å². The normalized spacial score (nSPS) is 18.2. The van der Waals surface area contributed by atoms with E-state index in [1.165, 1.54) is 10.6 Å². The van der Waals surface area contributed by atoms with Crippen molar-refractivity contribution in [2.45, 2.75) is 13.0 Å². The third-order valence-corrected chi connectivity index (χ3v) is 6.88. The molecule has 0 saturated carbocycles. The smallest absolute Gasteiger partial charge is 0.226 e. The zero-order valence-corrected chi connectivity index (χ0v) is 17.1. The molecule has 0 atom stereocenters. The van der Waals surface area contributed by atoms with E-state index in [4.69, 9.17) is 14.7 Å². The van der Waals surface area contributed by atoms with E-state index in [1.807, 2.05) is 24.4 Å². The molecule has 0 unspecified atom stereocenters. The first-order valence-corrected chi connectivity index (χ1v) is 11.6. The van der Waals surface area contributed by atoms with Crippen LogP contribution in [0.4, 0.5) is 5.95 Å². The number of sulfonamides is 1. The van der Waals surface area contributed by atoms with Crippen LogP contribution in [0.5, 0.6) is 0 Å². The molecule has 5 rings (SSSR count). The quantitative estimate of drug-likeness (QED) is 0.704. The third kappa shape index (κ3) is 3.39. The van der Waals surface area contributed by atoms with Gasteiger partial charge in [-0.25, -0.2) is 18.4 Å². The number of aromatic amines is 1. The van der Waals surface area contributed by atoms with Gasteiger partial charge in [-0.15, -0.1) is 0 Å². The fourth-order valence-electron chi connectivity index (χ4n) is 4.07. The number of morpholine rings is 1. The molecule has 0 aliphatic carbocycles. The van der Waals surface area contributed by atoms with Crippen LogP contribution in [-0.2, 0) is 27.7 Å². The average molecular weight is 414 g/mol. The van der Waals surface area contributed by atoms with Gasteiger partial charge >= 0.3 is 0 Å². The molecule has 8 nitrogen and oxygen atoms in total. The second kappa shape index (κ2) is 7.08. The van der Waals surface area contributed by atoms with Crippen LogP contribution in [0.3, 0.4) is 0 Å². The number of rotatable bonds is 3. The van der Waals surface area contributed by atoms with E-state index in [-0.39, 0.29) is 6.54 Å². The summed E-state index contributed by atoms with van der Waals surface area (Å²) < 4.78 is 31.2. The van der Waals surface area contributed by atoms with Crippen molar-refractivity contribution >= 4 is 26.9 Å². The number of ether oxygens (including phenoxy) is 1. The second-order valence-electron chi connectivity index (χ2n) is 7.49. The summed E-state index contributed by atoms with van der Waals surface area (Å²) >= 11 is 0. The Labute approximate surface area is 169 Å². The molecule has 0 spiro atoms. The largest absolute Gasteiger partial charge is 0.378 e. The minimum Gasteiger partial charge on any atom is -0.378 e. The number of aromatic nitrogens is 3. The summed E-state index contributed by atoms with van der Waals surface area (Å²) in [7, 11) is -3.27. The molecular weight excluding hydrogens is 390 g/mol. The SMILES string of the molecule is CS(=O)(=O)N1CCc2c(nc(N3CCOCC3)nc2-c2c[nH]c3ccccc23)C1. The Balaban J connectivity index is 1.67. The number of hydrogen-bond donors (Lipinski definition) is 1. The summed E-state index contributed by atoms with van der Waals surface area (Å²) in [5.74, 6) is 0.641. The monoisotopic (exact) mass is 413 g/mol. The van der Waals surface area contributed by atoms with Gasteiger partial charge in [0.05, 0.1) is 37.4 Å². The predicted molar refractivity (Wildman–Crippen MR) is 111 cm³/mol. The molecule has 29 heavy (non-hydrogen) atoms. The summed E-state index contributed by atoms with van der Waals surface area (Å²) in [5, 5.41) is 1.10. The number of H-pyrrole nitrogens is 1. The minimum absolute atomic E-state index is 0.281. The minimum atomic E-state index is -3.27. The van der Waals surface area contributed by atoms with Gasteiger partial charge in [-0.05, 0) is 12.5 Å². The highest BCUT2D eigenvalue weighted by molar-refractivity contribution is 7.88. The van der Waals surface area contributed by atoms with Gasteiger partial charge in [0.1, 0.15) is 0 Å². The van der Waals surface area contributed by atoms with E-state index in [2.05, 4.69) is 16.0 Å². The van der Waals surface area contributed by atoms with Crippen LogP contribution in [0.2, 0.25) is 0 Å². The topological polar surface area (TPSA) is 91.4 Å². The molecule has 152 valence electrons. The molecule has 0 radical (unpaired) electrons. The lowest BCUT2D eigenvalue weighted by Crippen LogP contribution is -2.39. The molecule has 2 aliphatic heterocycles. The van der Waals surface area contributed by atoms with Gasteiger partial charge in [-0.1, -0.05) is 18.2 Å². The Kier molecular flexibility index (Phi) is 4.53. The van der Waals surface area contributed by atoms with Crippen molar-refractivity contribution in [1.82, 2.24) is 19.3 Å². The molecule has 1 aromatic carbocycles. The first kappa shape index (κ1) is 18.5. The van der Waals surface area contributed by atoms with Gasteiger partial charge < -0.3 is 14.6 Å². The van der Waals surface area contributed by atoms with Crippen LogP contribution in [-0.4, -0.2) is 66.8 Å². The number of anilines is 1. The zero-order chi connectivity index (χ0) is 20.0. The van der Waals surface area contributed by atoms with E-state index < -0.39 is 10.0 Å². The fraction of sp³-hybridized carbons (Fsp3) is 0.400. The third-order valence-electron chi connectivity index (χ3n) is 5.63. The fourth-order valence-corrected chi connectivity index (χ4v) is 4.85. The number of benzene rings is 1. The van der Waals surface area contributed by atoms with Gasteiger partial charge in [-0.2, -0.15) is 4.31 Å². The summed E-state index contributed by atoms with van der Waals surface area (Å²) in [6.45, 7) is 3.45. The van der Waals surface area contributed by atoms with Crippen molar-refractivity contribution < 1.29 is 13.2 Å². The first-order valence-electron chi connectivity index (χ1n) is 9.75.